The summed E-state index contributed by atoms with van der Waals surface area (Å²) in [5.74, 6) is -3.66. The number of unbranched alkanes of at least 4 members (excludes halogenated alkanes) is 1. The van der Waals surface area contributed by atoms with Gasteiger partial charge in [0.05, 0.1) is 31.4 Å². The molecule has 1 amide bonds. The first kappa shape index (κ1) is 32.9. The Morgan fingerprint density at radius 1 is 1.09 bits per heavy atom. The van der Waals surface area contributed by atoms with Crippen molar-refractivity contribution in [2.24, 2.45) is 0 Å². The van der Waals surface area contributed by atoms with Gasteiger partial charge in [0.15, 0.2) is 17.3 Å². The van der Waals surface area contributed by atoms with Gasteiger partial charge in [-0.3, -0.25) is 15.0 Å². The van der Waals surface area contributed by atoms with Gasteiger partial charge in [0.25, 0.3) is 5.91 Å². The van der Waals surface area contributed by atoms with Gasteiger partial charge >= 0.3 is 12.1 Å². The van der Waals surface area contributed by atoms with Gasteiger partial charge in [0.1, 0.15) is 11.6 Å². The Bertz CT molecular complexity index is 1470. The second-order valence-electron chi connectivity index (χ2n) is 10.7. The molecule has 0 atom stereocenters. The molecule has 0 bridgehead atoms. The van der Waals surface area contributed by atoms with E-state index >= 15 is 0 Å². The second kappa shape index (κ2) is 13.1. The summed E-state index contributed by atoms with van der Waals surface area (Å²) in [5, 5.41) is 20.0. The summed E-state index contributed by atoms with van der Waals surface area (Å²) < 4.78 is 55.4. The van der Waals surface area contributed by atoms with Crippen molar-refractivity contribution in [2.75, 3.05) is 26.8 Å². The van der Waals surface area contributed by atoms with E-state index in [-0.39, 0.29) is 60.8 Å². The third-order valence-electron chi connectivity index (χ3n) is 6.55. The van der Waals surface area contributed by atoms with Crippen molar-refractivity contribution in [1.29, 1.82) is 10.7 Å². The van der Waals surface area contributed by atoms with E-state index in [1.54, 1.807) is 39.8 Å². The van der Waals surface area contributed by atoms with Gasteiger partial charge in [0, 0.05) is 36.7 Å². The van der Waals surface area contributed by atoms with E-state index in [0.717, 1.165) is 0 Å². The molecule has 2 N–H and O–H groups in total. The minimum Gasteiger partial charge on any atom is -0.493 e. The number of benzene rings is 2. The molecule has 0 aliphatic carbocycles. The molecule has 2 aromatic rings. The summed E-state index contributed by atoms with van der Waals surface area (Å²) in [6.45, 7) is 6.94. The lowest BCUT2D eigenvalue weighted by molar-refractivity contribution is -0.189. The van der Waals surface area contributed by atoms with Crippen LogP contribution in [0.1, 0.15) is 77.9 Å². The van der Waals surface area contributed by atoms with Crippen LogP contribution in [0.15, 0.2) is 24.3 Å². The number of hydrogen-bond donors (Lipinski definition) is 2. The van der Waals surface area contributed by atoms with Gasteiger partial charge in [-0.2, -0.15) is 18.4 Å². The van der Waals surface area contributed by atoms with Gasteiger partial charge in [-0.1, -0.05) is 20.8 Å². The van der Waals surface area contributed by atoms with E-state index in [9.17, 15) is 27.6 Å². The lowest BCUT2D eigenvalue weighted by atomic mass is 9.84. The lowest BCUT2D eigenvalue weighted by Crippen LogP contribution is -2.31. The largest absolute Gasteiger partial charge is 0.493 e. The van der Waals surface area contributed by atoms with Crippen LogP contribution in [0.4, 0.5) is 13.2 Å². The predicted octanol–water partition coefficient (Wildman–Crippen LogP) is 4.92. The number of amidine groups is 1. The van der Waals surface area contributed by atoms with Crippen LogP contribution >= 0.6 is 0 Å². The third-order valence-corrected chi connectivity index (χ3v) is 6.55. The first-order chi connectivity index (χ1) is 20.1. The standard InChI is InChI=1S/C30H33F3N4O6/c1-6-41-23-13-18-15-37(26(35)19(18)14-20(23)27(39)36-5)16-22(38)17-11-21(29(2,3)4)25(43-28(40)30(31,32)33)24(12-17)42-10-8-7-9-34/h11-14,35H,6-8,10,15-16H2,1-5H3,(H,36,39). The van der Waals surface area contributed by atoms with Crippen molar-refractivity contribution >= 4 is 23.5 Å². The maximum absolute atomic E-state index is 13.6. The van der Waals surface area contributed by atoms with Gasteiger partial charge in [-0.05, 0) is 48.6 Å². The van der Waals surface area contributed by atoms with Crippen LogP contribution in [0.3, 0.4) is 0 Å². The van der Waals surface area contributed by atoms with Gasteiger partial charge in [0.2, 0.25) is 0 Å². The number of carbonyl (C=O) groups is 3. The summed E-state index contributed by atoms with van der Waals surface area (Å²) in [4.78, 5) is 39.3. The summed E-state index contributed by atoms with van der Waals surface area (Å²) >= 11 is 0. The third kappa shape index (κ3) is 7.63. The Labute approximate surface area is 247 Å². The zero-order valence-electron chi connectivity index (χ0n) is 24.5. The van der Waals surface area contributed by atoms with Crippen LogP contribution in [-0.2, 0) is 16.8 Å². The highest BCUT2D eigenvalue weighted by molar-refractivity contribution is 6.07. The second-order valence-corrected chi connectivity index (χ2v) is 10.7. The molecule has 0 spiro atoms. The SMILES string of the molecule is CCOc1cc2c(cc1C(=O)NC)C(=N)N(CC(=O)c1cc(OCCCC#N)c(OC(=O)C(F)(F)F)c(C(C)(C)C)c1)C2. The van der Waals surface area contributed by atoms with Crippen LogP contribution < -0.4 is 19.5 Å². The summed E-state index contributed by atoms with van der Waals surface area (Å²) in [6.07, 6.45) is -4.91. The average Bonchev–Trinajstić information content (AvgIpc) is 3.23. The van der Waals surface area contributed by atoms with Crippen LogP contribution in [0.25, 0.3) is 0 Å². The fourth-order valence-electron chi connectivity index (χ4n) is 4.43. The number of nitrogens with zero attached hydrogens (tertiary/aromatic N) is 2. The Balaban J connectivity index is 1.99. The molecule has 43 heavy (non-hydrogen) atoms. The highest BCUT2D eigenvalue weighted by atomic mass is 19.4. The Morgan fingerprint density at radius 3 is 2.37 bits per heavy atom. The minimum atomic E-state index is -5.27. The zero-order chi connectivity index (χ0) is 32.1. The van der Waals surface area contributed by atoms with Crippen molar-refractivity contribution < 1.29 is 41.8 Å². The molecule has 1 aliphatic heterocycles. The highest BCUT2D eigenvalue weighted by Gasteiger charge is 2.43. The number of ether oxygens (including phenoxy) is 3. The van der Waals surface area contributed by atoms with Crippen LogP contribution in [0.5, 0.6) is 17.2 Å². The number of hydrogen-bond acceptors (Lipinski definition) is 8. The molecular weight excluding hydrogens is 569 g/mol. The minimum absolute atomic E-state index is 0.0105. The van der Waals surface area contributed by atoms with Crippen LogP contribution in [0, 0.1) is 16.7 Å². The molecule has 1 heterocycles. The molecule has 0 radical (unpaired) electrons. The van der Waals surface area contributed by atoms with Gasteiger partial charge in [-0.25, -0.2) is 4.79 Å². The maximum atomic E-state index is 13.6. The number of esters is 1. The molecule has 2 aromatic carbocycles. The molecular formula is C30H33F3N4O6. The molecule has 0 fully saturated rings. The number of fused-ring (bicyclic) bond motifs is 1. The van der Waals surface area contributed by atoms with E-state index in [0.29, 0.717) is 23.5 Å². The summed E-state index contributed by atoms with van der Waals surface area (Å²) in [5.41, 5.74) is 0.698. The van der Waals surface area contributed by atoms with Gasteiger partial charge < -0.3 is 24.4 Å². The molecule has 0 unspecified atom stereocenters. The molecule has 0 saturated heterocycles. The highest BCUT2D eigenvalue weighted by Crippen LogP contribution is 2.41. The van der Waals surface area contributed by atoms with Crippen molar-refractivity contribution in [3.63, 3.8) is 0 Å². The number of rotatable bonds is 11. The van der Waals surface area contributed by atoms with E-state index in [4.69, 9.17) is 24.9 Å². The number of amides is 1. The Hall–Kier alpha value is -4.60. The molecule has 230 valence electrons. The van der Waals surface area contributed by atoms with Crippen molar-refractivity contribution in [1.82, 2.24) is 10.2 Å². The van der Waals surface area contributed by atoms with Crippen molar-refractivity contribution in [3.8, 4) is 23.3 Å². The number of carbonyl (C=O) groups excluding carboxylic acids is 3. The molecule has 10 nitrogen and oxygen atoms in total. The first-order valence-electron chi connectivity index (χ1n) is 13.5. The molecule has 3 rings (SSSR count). The molecule has 0 aromatic heterocycles. The molecule has 13 heteroatoms. The monoisotopic (exact) mass is 602 g/mol. The fraction of sp³-hybridized carbons (Fsp3) is 0.433. The van der Waals surface area contributed by atoms with Crippen LogP contribution in [-0.4, -0.2) is 61.4 Å². The number of nitrogens with one attached hydrogen (secondary N) is 2. The molecule has 1 aliphatic rings. The number of nitriles is 1. The lowest BCUT2D eigenvalue weighted by Gasteiger charge is -2.26. The quantitative estimate of drug-likeness (QED) is 0.160. The number of halogens is 3. The average molecular weight is 603 g/mol. The number of ketones is 1. The van der Waals surface area contributed by atoms with Crippen molar-refractivity contribution in [2.45, 2.75) is 58.7 Å². The summed E-state index contributed by atoms with van der Waals surface area (Å²) in [7, 11) is 1.48. The zero-order valence-corrected chi connectivity index (χ0v) is 24.5. The fourth-order valence-corrected chi connectivity index (χ4v) is 4.43. The Morgan fingerprint density at radius 2 is 1.79 bits per heavy atom. The summed E-state index contributed by atoms with van der Waals surface area (Å²) in [6, 6.07) is 7.70. The van der Waals surface area contributed by atoms with Crippen LogP contribution in [0.2, 0.25) is 0 Å². The molecule has 0 saturated carbocycles. The predicted molar refractivity (Wildman–Crippen MR) is 150 cm³/mol. The van der Waals surface area contributed by atoms with Crippen molar-refractivity contribution in [3.05, 3.63) is 52.1 Å². The van der Waals surface area contributed by atoms with E-state index in [1.807, 2.05) is 6.07 Å². The van der Waals surface area contributed by atoms with E-state index in [1.165, 1.54) is 24.1 Å². The first-order valence-corrected chi connectivity index (χ1v) is 13.5. The normalized spacial score (nSPS) is 12.8. The maximum Gasteiger partial charge on any atom is 0.491 e. The smallest absolute Gasteiger partial charge is 0.491 e. The number of Topliss-reactive ketones (excluding diaryl/α,β-unsaturated/α-hetero) is 1. The van der Waals surface area contributed by atoms with E-state index in [2.05, 4.69) is 5.32 Å². The van der Waals surface area contributed by atoms with Gasteiger partial charge in [-0.15, -0.1) is 0 Å². The Kier molecular flexibility index (Phi) is 10.1. The number of alkyl halides is 3. The topological polar surface area (TPSA) is 142 Å². The van der Waals surface area contributed by atoms with E-state index < -0.39 is 35.0 Å².